The number of nitro benzene ring substituents is 9. The largest absolute Gasteiger partial charge is 0.342 e. The molecule has 0 fully saturated rings. The normalized spacial score (nSPS) is 10.6. The Morgan fingerprint density at radius 3 is 0.836 bits per heavy atom. The molecule has 0 aliphatic rings. The zero-order valence-electron chi connectivity index (χ0n) is 31.0. The van der Waals surface area contributed by atoms with Gasteiger partial charge >= 0.3 is 51.2 Å². The summed E-state index contributed by atoms with van der Waals surface area (Å²) in [6, 6.07) is -0.313. The summed E-state index contributed by atoms with van der Waals surface area (Å²) >= 11 is 22.7. The van der Waals surface area contributed by atoms with E-state index in [-0.39, 0.29) is 6.07 Å². The van der Waals surface area contributed by atoms with Gasteiger partial charge in [0.15, 0.2) is 10.1 Å². The Kier molecular flexibility index (Phi) is 15.6. The molecule has 0 heterocycles. The van der Waals surface area contributed by atoms with Crippen LogP contribution in [0.2, 0.25) is 20.1 Å². The maximum atomic E-state index is 13.1. The van der Waals surface area contributed by atoms with Crippen molar-refractivity contribution in [2.24, 2.45) is 0 Å². The molecule has 0 spiro atoms. The van der Waals surface area contributed by atoms with Gasteiger partial charge in [-0.1, -0.05) is 56.4 Å². The van der Waals surface area contributed by atoms with Crippen LogP contribution in [0, 0.1) is 111 Å². The van der Waals surface area contributed by atoms with Gasteiger partial charge in [0.2, 0.25) is 43.3 Å². The van der Waals surface area contributed by atoms with E-state index in [4.69, 9.17) is 46.4 Å². The zero-order chi connectivity index (χ0) is 51.4. The minimum absolute atomic E-state index is 0.313. The second-order valence-corrected chi connectivity index (χ2v) is 13.2. The Hall–Kier alpha value is -9.24. The van der Waals surface area contributed by atoms with Gasteiger partial charge in [-0.25, -0.2) is 20.2 Å². The molecule has 0 saturated heterocycles. The standard InChI is InChI=1S/C24H11Cl4N15O24/c25-10-18(35(50)51)11(26)21(38(56)57)14(20(10)37(54)55)29-8(44)1-3-31(42(64)65)16-6(33(46)47)5-7(34(48)49)17(24(16)41(62)63)32(43(66)67)4-2-9(45)30-15-22(39(58)59)12(27)19(36(52)53)13(28)23(15)40(60)61/h5H,1-4H2,(H,29,44)(H,30,45). The highest BCUT2D eigenvalue weighted by molar-refractivity contribution is 6.43. The first-order valence-corrected chi connectivity index (χ1v) is 17.5. The second-order valence-electron chi connectivity index (χ2n) is 11.7. The van der Waals surface area contributed by atoms with E-state index < -0.39 is 196 Å². The summed E-state index contributed by atoms with van der Waals surface area (Å²) in [5.74, 6) is -3.67. The Bertz CT molecular complexity index is 2580. The zero-order valence-corrected chi connectivity index (χ0v) is 34.1. The van der Waals surface area contributed by atoms with Gasteiger partial charge in [0.25, 0.3) is 11.4 Å². The van der Waals surface area contributed by atoms with E-state index in [9.17, 15) is 121 Å². The molecule has 3 aromatic rings. The van der Waals surface area contributed by atoms with Crippen molar-refractivity contribution < 1.29 is 64.0 Å². The lowest BCUT2D eigenvalue weighted by molar-refractivity contribution is -0.500. The topological polar surface area (TPSA) is 539 Å². The Morgan fingerprint density at radius 2 is 0.642 bits per heavy atom. The third-order valence-corrected chi connectivity index (χ3v) is 9.46. The van der Waals surface area contributed by atoms with Crippen molar-refractivity contribution in [1.82, 2.24) is 0 Å². The number of hydrogen-bond acceptors (Lipinski definition) is 24. The molecular weight excluding hydrogens is 1020 g/mol. The summed E-state index contributed by atoms with van der Waals surface area (Å²) in [6.45, 7) is -3.49. The first-order chi connectivity index (χ1) is 30.9. The SMILES string of the molecule is O=C(CCN(c1c([N+](=O)[O-])cc([N+](=O)[O-])c(N(CCC(=O)Nc2c([N+](=O)[O-])c(Cl)c([N+](=O)[O-])c(Cl)c2[N+](=O)[O-])[N+](=O)[O-])c1[N+](=O)[O-])[N+](=O)[O-])Nc1c([N+](=O)[O-])c(Cl)c([N+](=O)[O-])c(Cl)c1[N+](=O)[O-]. The molecule has 0 radical (unpaired) electrons. The number of nitro groups is 11. The molecule has 0 unspecified atom stereocenters. The number of amides is 2. The van der Waals surface area contributed by atoms with Crippen molar-refractivity contribution in [2.75, 3.05) is 33.7 Å². The fourth-order valence-electron chi connectivity index (χ4n) is 5.50. The van der Waals surface area contributed by atoms with Gasteiger partial charge < -0.3 is 10.6 Å². The fourth-order valence-corrected chi connectivity index (χ4v) is 6.90. The average molecular weight is 1040 g/mol. The maximum absolute atomic E-state index is 13.1. The Balaban J connectivity index is 2.25. The van der Waals surface area contributed by atoms with E-state index in [0.717, 1.165) is 0 Å². The van der Waals surface area contributed by atoms with E-state index in [1.54, 1.807) is 0 Å². The molecule has 0 aliphatic heterocycles. The van der Waals surface area contributed by atoms with Crippen molar-refractivity contribution in [1.29, 1.82) is 0 Å². The Morgan fingerprint density at radius 1 is 0.403 bits per heavy atom. The molecule has 2 amide bonds. The average Bonchev–Trinajstić information content (AvgIpc) is 3.16. The summed E-state index contributed by atoms with van der Waals surface area (Å²) < 4.78 is 0. The number of nitrogens with one attached hydrogen (secondary N) is 2. The van der Waals surface area contributed by atoms with Gasteiger partial charge in [-0.05, 0) is 0 Å². The van der Waals surface area contributed by atoms with E-state index in [1.807, 2.05) is 0 Å². The lowest BCUT2D eigenvalue weighted by Crippen LogP contribution is -2.37. The first kappa shape index (κ1) is 52.1. The molecule has 0 aliphatic carbocycles. The van der Waals surface area contributed by atoms with Crippen molar-refractivity contribution in [3.05, 3.63) is 137 Å². The van der Waals surface area contributed by atoms with E-state index >= 15 is 0 Å². The highest BCUT2D eigenvalue weighted by atomic mass is 35.5. The van der Waals surface area contributed by atoms with Gasteiger partial charge in [-0.2, -0.15) is 0 Å². The summed E-state index contributed by atoms with van der Waals surface area (Å²) in [4.78, 5) is 143. The molecule has 0 saturated carbocycles. The molecule has 2 N–H and O–H groups in total. The van der Waals surface area contributed by atoms with Crippen LogP contribution in [-0.4, -0.2) is 79.3 Å². The van der Waals surface area contributed by atoms with Crippen LogP contribution in [0.3, 0.4) is 0 Å². The third-order valence-electron chi connectivity index (χ3n) is 8.03. The number of nitrogens with zero attached hydrogens (tertiary/aromatic N) is 13. The molecule has 3 rings (SSSR count). The highest BCUT2D eigenvalue weighted by Crippen LogP contribution is 2.54. The van der Waals surface area contributed by atoms with Gasteiger partial charge in [0.05, 0.1) is 76.3 Å². The van der Waals surface area contributed by atoms with Crippen LogP contribution in [-0.2, 0) is 9.59 Å². The second kappa shape index (κ2) is 20.1. The first-order valence-electron chi connectivity index (χ1n) is 16.0. The van der Waals surface area contributed by atoms with Crippen LogP contribution in [0.5, 0.6) is 0 Å². The number of benzene rings is 3. The van der Waals surface area contributed by atoms with Crippen LogP contribution in [0.25, 0.3) is 0 Å². The number of rotatable bonds is 21. The van der Waals surface area contributed by atoms with E-state index in [2.05, 4.69) is 0 Å². The predicted octanol–water partition coefficient (Wildman–Crippen LogP) is 5.53. The van der Waals surface area contributed by atoms with E-state index in [1.165, 1.54) is 10.6 Å². The Labute approximate surface area is 379 Å². The monoisotopic (exact) mass is 1030 g/mol. The minimum Gasteiger partial charge on any atom is -0.314 e. The predicted molar refractivity (Wildman–Crippen MR) is 214 cm³/mol. The number of carbonyl (C=O) groups is 2. The molecule has 0 atom stereocenters. The van der Waals surface area contributed by atoms with Crippen LogP contribution in [0.15, 0.2) is 6.07 Å². The summed E-state index contributed by atoms with van der Waals surface area (Å²) in [6.07, 6.45) is -3.20. The summed E-state index contributed by atoms with van der Waals surface area (Å²) in [5.41, 5.74) is -23.7. The molecule has 3 aromatic carbocycles. The number of hydrazine groups is 2. The van der Waals surface area contributed by atoms with Crippen LogP contribution in [0.4, 0.5) is 73.9 Å². The highest BCUT2D eigenvalue weighted by Gasteiger charge is 2.49. The molecule has 39 nitrogen and oxygen atoms in total. The van der Waals surface area contributed by atoms with Crippen LogP contribution in [0.1, 0.15) is 12.8 Å². The van der Waals surface area contributed by atoms with Gasteiger partial charge in [0.1, 0.15) is 0 Å². The number of anilines is 4. The van der Waals surface area contributed by atoms with Crippen LogP contribution >= 0.6 is 46.4 Å². The van der Waals surface area contributed by atoms with Crippen molar-refractivity contribution >= 4 is 132 Å². The molecule has 43 heteroatoms. The number of halogens is 4. The third kappa shape index (κ3) is 10.3. The molecule has 354 valence electrons. The maximum Gasteiger partial charge on any atom is 0.342 e. The summed E-state index contributed by atoms with van der Waals surface area (Å²) in [5, 5.41) is 124. The van der Waals surface area contributed by atoms with Crippen molar-refractivity contribution in [3.8, 4) is 0 Å². The van der Waals surface area contributed by atoms with Crippen molar-refractivity contribution in [3.63, 3.8) is 0 Å². The molecule has 0 aromatic heterocycles. The van der Waals surface area contributed by atoms with Gasteiger partial charge in [0, 0.05) is 0 Å². The lowest BCUT2D eigenvalue weighted by atomic mass is 10.1. The minimum atomic E-state index is -2.28. The van der Waals surface area contributed by atoms with Gasteiger partial charge in [-0.3, -0.25) is 101 Å². The van der Waals surface area contributed by atoms with Gasteiger partial charge in [-0.15, -0.1) is 0 Å². The smallest absolute Gasteiger partial charge is 0.314 e. The lowest BCUT2D eigenvalue weighted by Gasteiger charge is -2.18. The molecule has 67 heavy (non-hydrogen) atoms. The molecular formula is C24H11Cl4N15O24. The van der Waals surface area contributed by atoms with E-state index in [0.29, 0.717) is 0 Å². The van der Waals surface area contributed by atoms with Crippen LogP contribution < -0.4 is 20.7 Å². The quantitative estimate of drug-likeness (QED) is 0.0978. The number of hydrogen-bond donors (Lipinski definition) is 2. The van der Waals surface area contributed by atoms with Crippen molar-refractivity contribution in [2.45, 2.75) is 12.8 Å². The number of carbonyl (C=O) groups excluding carboxylic acids is 2. The molecule has 0 bridgehead atoms. The summed E-state index contributed by atoms with van der Waals surface area (Å²) in [7, 11) is 0. The fraction of sp³-hybridized carbons (Fsp3) is 0.167.